The lowest BCUT2D eigenvalue weighted by molar-refractivity contribution is 0.405. The number of rotatable bonds is 1. The van der Waals surface area contributed by atoms with Gasteiger partial charge in [-0.3, -0.25) is 0 Å². The number of fused-ring (bicyclic) bond motifs is 1. The minimum atomic E-state index is 0.261. The molecule has 2 rings (SSSR count). The molecule has 0 fully saturated rings. The zero-order valence-corrected chi connectivity index (χ0v) is 9.49. The van der Waals surface area contributed by atoms with Gasteiger partial charge >= 0.3 is 0 Å². The number of nitrogens with zero attached hydrogens (tertiary/aromatic N) is 2. The maximum Gasteiger partial charge on any atom is 0.0929 e. The van der Waals surface area contributed by atoms with E-state index in [2.05, 4.69) is 43.1 Å². The van der Waals surface area contributed by atoms with Crippen LogP contribution >= 0.6 is 0 Å². The minimum absolute atomic E-state index is 0.261. The van der Waals surface area contributed by atoms with Gasteiger partial charge in [0.25, 0.3) is 0 Å². The summed E-state index contributed by atoms with van der Waals surface area (Å²) in [6, 6.07) is 10.2. The highest BCUT2D eigenvalue weighted by molar-refractivity contribution is 5.77. The lowest BCUT2D eigenvalue weighted by atomic mass is 9.90. The first-order chi connectivity index (χ1) is 7.04. The Balaban J connectivity index is 2.39. The molecular formula is C13H16N2. The van der Waals surface area contributed by atoms with Crippen LogP contribution in [0.1, 0.15) is 26.5 Å². The van der Waals surface area contributed by atoms with Crippen LogP contribution in [0.3, 0.4) is 0 Å². The molecule has 0 saturated carbocycles. The molecular weight excluding hydrogens is 184 g/mol. The number of hydrogen-bond acceptors (Lipinski definition) is 2. The van der Waals surface area contributed by atoms with Gasteiger partial charge in [-0.15, -0.1) is 0 Å². The van der Waals surface area contributed by atoms with Crippen molar-refractivity contribution in [3.8, 4) is 0 Å². The van der Waals surface area contributed by atoms with E-state index in [1.165, 1.54) is 5.39 Å². The molecule has 0 N–H and O–H groups in total. The van der Waals surface area contributed by atoms with Gasteiger partial charge < -0.3 is 0 Å². The average molecular weight is 200 g/mol. The number of benzene rings is 1. The summed E-state index contributed by atoms with van der Waals surface area (Å²) in [6.07, 6.45) is 0.963. The monoisotopic (exact) mass is 200 g/mol. The van der Waals surface area contributed by atoms with Gasteiger partial charge in [0.1, 0.15) is 0 Å². The fraction of sp³-hybridized carbons (Fsp3) is 0.385. The van der Waals surface area contributed by atoms with Gasteiger partial charge in [-0.1, -0.05) is 39.0 Å². The molecule has 2 nitrogen and oxygen atoms in total. The van der Waals surface area contributed by atoms with Crippen LogP contribution in [-0.2, 0) is 6.42 Å². The van der Waals surface area contributed by atoms with Crippen LogP contribution in [-0.4, -0.2) is 10.2 Å². The molecule has 0 bridgehead atoms. The average Bonchev–Trinajstić information content (AvgIpc) is 2.15. The molecule has 0 aliphatic carbocycles. The summed E-state index contributed by atoms with van der Waals surface area (Å²) in [6.45, 7) is 6.64. The molecule has 0 aliphatic heterocycles. The van der Waals surface area contributed by atoms with E-state index in [1.807, 2.05) is 18.2 Å². The minimum Gasteiger partial charge on any atom is -0.155 e. The third-order valence-electron chi connectivity index (χ3n) is 2.26. The van der Waals surface area contributed by atoms with Crippen molar-refractivity contribution in [2.24, 2.45) is 5.41 Å². The Kier molecular flexibility index (Phi) is 2.43. The summed E-state index contributed by atoms with van der Waals surface area (Å²) in [5, 5.41) is 9.63. The van der Waals surface area contributed by atoms with Crippen LogP contribution in [0, 0.1) is 5.41 Å². The summed E-state index contributed by atoms with van der Waals surface area (Å²) in [5.74, 6) is 0. The van der Waals surface area contributed by atoms with E-state index in [0.29, 0.717) is 0 Å². The fourth-order valence-corrected chi connectivity index (χ4v) is 1.66. The second-order valence-corrected chi connectivity index (χ2v) is 5.13. The van der Waals surface area contributed by atoms with E-state index in [9.17, 15) is 0 Å². The van der Waals surface area contributed by atoms with Crippen molar-refractivity contribution in [2.45, 2.75) is 27.2 Å². The Labute approximate surface area is 90.3 Å². The second kappa shape index (κ2) is 3.61. The molecule has 0 spiro atoms. The van der Waals surface area contributed by atoms with Crippen LogP contribution in [0.25, 0.3) is 10.9 Å². The Bertz CT molecular complexity index is 469. The Morgan fingerprint density at radius 3 is 2.53 bits per heavy atom. The molecule has 0 aliphatic rings. The maximum absolute atomic E-state index is 4.24. The first-order valence-electron chi connectivity index (χ1n) is 5.26. The first-order valence-corrected chi connectivity index (χ1v) is 5.26. The molecule has 0 amide bonds. The molecule has 1 aromatic carbocycles. The molecule has 0 unspecified atom stereocenters. The van der Waals surface area contributed by atoms with Crippen molar-refractivity contribution in [3.05, 3.63) is 36.0 Å². The van der Waals surface area contributed by atoms with E-state index in [1.54, 1.807) is 0 Å². The van der Waals surface area contributed by atoms with Crippen molar-refractivity contribution in [1.29, 1.82) is 0 Å². The molecule has 1 aromatic heterocycles. The Hall–Kier alpha value is -1.44. The third kappa shape index (κ3) is 2.52. The van der Waals surface area contributed by atoms with Gasteiger partial charge in [0.15, 0.2) is 0 Å². The largest absolute Gasteiger partial charge is 0.155 e. The lowest BCUT2D eigenvalue weighted by Gasteiger charge is -2.16. The molecule has 0 atom stereocenters. The first kappa shape index (κ1) is 10.1. The topological polar surface area (TPSA) is 25.8 Å². The SMILES string of the molecule is CC(C)(C)Cc1cc2ccccc2nn1. The van der Waals surface area contributed by atoms with Gasteiger partial charge in [0, 0.05) is 5.39 Å². The second-order valence-electron chi connectivity index (χ2n) is 5.13. The van der Waals surface area contributed by atoms with Crippen LogP contribution in [0.2, 0.25) is 0 Å². The van der Waals surface area contributed by atoms with Crippen molar-refractivity contribution in [3.63, 3.8) is 0 Å². The van der Waals surface area contributed by atoms with Crippen molar-refractivity contribution in [1.82, 2.24) is 10.2 Å². The summed E-state index contributed by atoms with van der Waals surface area (Å²) in [7, 11) is 0. The normalized spacial score (nSPS) is 11.9. The summed E-state index contributed by atoms with van der Waals surface area (Å²) < 4.78 is 0. The maximum atomic E-state index is 4.24. The smallest absolute Gasteiger partial charge is 0.0929 e. The van der Waals surface area contributed by atoms with Gasteiger partial charge in [-0.2, -0.15) is 10.2 Å². The third-order valence-corrected chi connectivity index (χ3v) is 2.26. The summed E-state index contributed by atoms with van der Waals surface area (Å²) >= 11 is 0. The van der Waals surface area contributed by atoms with E-state index in [4.69, 9.17) is 0 Å². The van der Waals surface area contributed by atoms with Gasteiger partial charge in [-0.25, -0.2) is 0 Å². The number of aromatic nitrogens is 2. The molecule has 2 aromatic rings. The van der Waals surface area contributed by atoms with E-state index < -0.39 is 0 Å². The highest BCUT2D eigenvalue weighted by atomic mass is 15.1. The van der Waals surface area contributed by atoms with Gasteiger partial charge in [0.05, 0.1) is 11.2 Å². The molecule has 0 radical (unpaired) electrons. The highest BCUT2D eigenvalue weighted by Crippen LogP contribution is 2.20. The predicted octanol–water partition coefficient (Wildman–Crippen LogP) is 3.22. The van der Waals surface area contributed by atoms with Crippen molar-refractivity contribution < 1.29 is 0 Å². The molecule has 2 heteroatoms. The Morgan fingerprint density at radius 1 is 1.07 bits per heavy atom. The van der Waals surface area contributed by atoms with Gasteiger partial charge in [-0.05, 0) is 24.0 Å². The van der Waals surface area contributed by atoms with Crippen LogP contribution in [0.5, 0.6) is 0 Å². The van der Waals surface area contributed by atoms with Gasteiger partial charge in [0.2, 0.25) is 0 Å². The van der Waals surface area contributed by atoms with Crippen molar-refractivity contribution in [2.75, 3.05) is 0 Å². The quantitative estimate of drug-likeness (QED) is 0.706. The van der Waals surface area contributed by atoms with Crippen LogP contribution in [0.4, 0.5) is 0 Å². The van der Waals surface area contributed by atoms with Crippen LogP contribution in [0.15, 0.2) is 30.3 Å². The van der Waals surface area contributed by atoms with E-state index >= 15 is 0 Å². The zero-order chi connectivity index (χ0) is 10.9. The lowest BCUT2D eigenvalue weighted by Crippen LogP contribution is -2.10. The molecule has 1 heterocycles. The highest BCUT2D eigenvalue weighted by Gasteiger charge is 2.12. The van der Waals surface area contributed by atoms with E-state index in [0.717, 1.165) is 17.6 Å². The number of hydrogen-bond donors (Lipinski definition) is 0. The zero-order valence-electron chi connectivity index (χ0n) is 9.49. The van der Waals surface area contributed by atoms with Crippen molar-refractivity contribution >= 4 is 10.9 Å². The fourth-order valence-electron chi connectivity index (χ4n) is 1.66. The molecule has 0 saturated heterocycles. The standard InChI is InChI=1S/C13H16N2/c1-13(2,3)9-11-8-10-6-4-5-7-12(10)15-14-11/h4-8H,9H2,1-3H3. The van der Waals surface area contributed by atoms with E-state index in [-0.39, 0.29) is 5.41 Å². The Morgan fingerprint density at radius 2 is 1.80 bits per heavy atom. The summed E-state index contributed by atoms with van der Waals surface area (Å²) in [5.41, 5.74) is 2.30. The van der Waals surface area contributed by atoms with Crippen LogP contribution < -0.4 is 0 Å². The molecule has 15 heavy (non-hydrogen) atoms. The summed E-state index contributed by atoms with van der Waals surface area (Å²) in [4.78, 5) is 0. The molecule has 78 valence electrons. The predicted molar refractivity (Wildman–Crippen MR) is 62.7 cm³/mol.